The molecule has 4 aliphatic heterocycles. The Bertz CT molecular complexity index is 6670. The van der Waals surface area contributed by atoms with Crippen LogP contribution < -0.4 is 32.7 Å². The van der Waals surface area contributed by atoms with E-state index in [9.17, 15) is 24.4 Å². The molecule has 2 spiro atoms. The number of carboxylic acid groups (broad SMARTS) is 3. The van der Waals surface area contributed by atoms with Crippen molar-refractivity contribution in [3.8, 4) is 40.4 Å². The topological polar surface area (TPSA) is 519 Å². The number of carbonyl (C=O) groups is 4. The number of pyridine rings is 3. The van der Waals surface area contributed by atoms with Gasteiger partial charge in [-0.05, 0) is 362 Å². The molecule has 0 amide bonds. The first kappa shape index (κ1) is 104. The fourth-order valence-electron chi connectivity index (χ4n) is 13.1. The van der Waals surface area contributed by atoms with Crippen molar-refractivity contribution in [3.63, 3.8) is 0 Å². The van der Waals surface area contributed by atoms with Gasteiger partial charge in [-0.3, -0.25) is 9.59 Å². The Hall–Kier alpha value is -7.42. The number of nitrogen functional groups attached to an aromatic ring is 4. The van der Waals surface area contributed by atoms with E-state index in [1.165, 1.54) is 9.64 Å². The molecular weight excluding hydrogens is 2850 g/mol. The number of aryl methyl sites for hydroxylation is 4. The van der Waals surface area contributed by atoms with E-state index in [0.29, 0.717) is 153 Å². The van der Waals surface area contributed by atoms with Gasteiger partial charge in [-0.1, -0.05) is 44.4 Å². The molecule has 14 aromatic rings. The van der Waals surface area contributed by atoms with E-state index in [-0.39, 0.29) is 30.0 Å². The number of aromatic nitrogens is 11. The Morgan fingerprint density at radius 2 is 0.916 bits per heavy atom. The second-order valence-corrected chi connectivity index (χ2v) is 40.8. The number of fused-ring (bicyclic) bond motifs is 3. The molecule has 0 saturated carbocycles. The predicted octanol–water partition coefficient (Wildman–Crippen LogP) is 19.4. The molecule has 0 aliphatic carbocycles. The molecular formula is C85H72ClI10N19O16. The van der Waals surface area contributed by atoms with E-state index < -0.39 is 29.5 Å². The SMILES string of the molecule is Cc1noc(-c2cc3cc(I)cc(I)c3nc2Cl)n1.Cc1noc(-c2cc3cc(I)cc(I)c3nc2N2CCC3(CC2)OCCO3)n1.Cc1noc(CC(=O)O)n1.Nc1c(I)cc(I)cc1C(=O)O.Nc1c(I)cc(I)cc1C=O.Nc1c(I)cc(I)cc1CO.Nc1ccccc1C(=O)O.[C-]#[N+]c1cc(C#N)c2nc(N3CCC4(CC3)OCCO4)c(-c3nc(C)no3)cc2c1. The van der Waals surface area contributed by atoms with Crippen LogP contribution in [-0.4, -0.2) is 164 Å². The number of para-hydroxylation sites is 1. The molecule has 680 valence electrons. The number of aliphatic carboxylic acids is 1. The summed E-state index contributed by atoms with van der Waals surface area (Å²) in [5.74, 6) is 1.25. The number of halogens is 11. The first-order valence-corrected chi connectivity index (χ1v) is 49.7. The van der Waals surface area contributed by atoms with Crippen LogP contribution in [0.15, 0.2) is 133 Å². The number of hydrogen-bond acceptors (Lipinski definition) is 31. The maximum Gasteiger partial charge on any atom is 0.337 e. The average molecular weight is 2920 g/mol. The van der Waals surface area contributed by atoms with Gasteiger partial charge >= 0.3 is 17.9 Å². The van der Waals surface area contributed by atoms with Gasteiger partial charge in [0, 0.05) is 115 Å². The molecule has 0 radical (unpaired) electrons. The fourth-order valence-corrected chi connectivity index (χ4v) is 23.1. The summed E-state index contributed by atoms with van der Waals surface area (Å²) in [5, 5.41) is 62.2. The van der Waals surface area contributed by atoms with Crippen molar-refractivity contribution in [3.05, 3.63) is 225 Å². The third-order valence-corrected chi connectivity index (χ3v) is 27.0. The van der Waals surface area contributed by atoms with Crippen LogP contribution >= 0.6 is 238 Å². The van der Waals surface area contributed by atoms with Crippen molar-refractivity contribution in [1.29, 1.82) is 5.26 Å². The van der Waals surface area contributed by atoms with Crippen LogP contribution in [0.4, 0.5) is 40.1 Å². The highest BCUT2D eigenvalue weighted by atomic mass is 127. The minimum atomic E-state index is -0.988. The van der Waals surface area contributed by atoms with Crippen LogP contribution in [-0.2, 0) is 36.8 Å². The Labute approximate surface area is 888 Å². The van der Waals surface area contributed by atoms with Crippen molar-refractivity contribution in [2.75, 3.05) is 85.3 Å². The summed E-state index contributed by atoms with van der Waals surface area (Å²) in [6, 6.07) is 37.1. The second-order valence-electron chi connectivity index (χ2n) is 28.4. The van der Waals surface area contributed by atoms with Gasteiger partial charge in [-0.25, -0.2) is 29.4 Å². The zero-order valence-corrected chi connectivity index (χ0v) is 91.1. The summed E-state index contributed by atoms with van der Waals surface area (Å²) < 4.78 is 54.3. The lowest BCUT2D eigenvalue weighted by Gasteiger charge is -2.38. The number of nitrogens with zero attached hydrogens (tertiary/aromatic N) is 15. The minimum absolute atomic E-state index is 0.0126. The largest absolute Gasteiger partial charge is 0.481 e. The van der Waals surface area contributed by atoms with Crippen molar-refractivity contribution >= 4 is 334 Å². The standard InChI is InChI=1S/C21H18N6O3.C19H18I2N4O3.C12H6ClI2N3O.C7H5I2NO2.C7H7I2NO.C7H5I2NO.C7H7NO2.C5H6N2O3/c1-13-24-20(30-26-13)17-11-14-9-16(23-2)10-15(12-22)18(14)25-19(17)27-5-3-21(4-6-27)28-7-8-29-21;1-11-22-18(28-24-11)14-9-12-8-13(20)10-15(21)16(12)23-17(14)25-4-2-19(3-5-25)26-6-7-27-19;1-5-16-12(19-18-5)8-3-6-2-7(14)4-9(15)10(6)17-11(8)13;8-3-1-4(7(11)12)6(10)5(9)2-3;2*8-5-1-4(3-11)7(10)6(9)2-5;8-6-4-2-1-3-5(6)7(9)10;1-3-6-4(10-7-3)2-5(8)9/h9-11H,3-8H2,1H3;8-10H,2-7H2,1H3;2-4H,1H3;1-2H,10H2,(H,11,12);1-2,11H,3,10H2;1-3H,10H2;1-4H,8H2,(H,9,10);2H2,1H3,(H,8,9). The number of carbonyl (C=O) groups excluding carboxylic acids is 1. The van der Waals surface area contributed by atoms with Crippen molar-refractivity contribution < 1.29 is 76.6 Å². The number of nitriles is 1. The normalized spacial score (nSPS) is 13.8. The third kappa shape index (κ3) is 27.7. The maximum absolute atomic E-state index is 10.6. The second kappa shape index (κ2) is 47.9. The first-order chi connectivity index (χ1) is 62.4. The van der Waals surface area contributed by atoms with E-state index in [1.807, 2.05) is 72.0 Å². The van der Waals surface area contributed by atoms with Crippen LogP contribution in [0.3, 0.4) is 0 Å². The van der Waals surface area contributed by atoms with Gasteiger partial charge in [-0.15, -0.1) is 0 Å². The molecule has 131 heavy (non-hydrogen) atoms. The average Bonchev–Trinajstić information content (AvgIpc) is 1.75. The quantitative estimate of drug-likeness (QED) is 0.0196. The van der Waals surface area contributed by atoms with Gasteiger partial charge in [0.15, 0.2) is 46.8 Å². The number of piperidine rings is 2. The van der Waals surface area contributed by atoms with Crippen molar-refractivity contribution in [2.45, 2.75) is 78.0 Å². The zero-order valence-electron chi connectivity index (χ0n) is 68.8. The Morgan fingerprint density at radius 3 is 1.34 bits per heavy atom. The summed E-state index contributed by atoms with van der Waals surface area (Å²) in [4.78, 5) is 80.4. The lowest BCUT2D eigenvalue weighted by atomic mass is 10.0. The first-order valence-electron chi connectivity index (χ1n) is 38.5. The van der Waals surface area contributed by atoms with Gasteiger partial charge in [0.1, 0.15) is 29.3 Å². The van der Waals surface area contributed by atoms with E-state index in [1.54, 1.807) is 63.2 Å². The number of carboxylic acids is 3. The number of nitrogens with two attached hydrogens (primary N) is 4. The summed E-state index contributed by atoms with van der Waals surface area (Å²) in [5.41, 5.74) is 31.2. The molecule has 7 aromatic carbocycles. The molecule has 0 atom stereocenters. The number of aromatic carboxylic acids is 2. The van der Waals surface area contributed by atoms with Crippen molar-refractivity contribution in [2.24, 2.45) is 0 Å². The van der Waals surface area contributed by atoms with Gasteiger partial charge in [0.25, 0.3) is 17.7 Å². The highest BCUT2D eigenvalue weighted by molar-refractivity contribution is 14.1. The molecule has 7 aromatic heterocycles. The predicted molar refractivity (Wildman–Crippen MR) is 574 cm³/mol. The van der Waals surface area contributed by atoms with Gasteiger partial charge in [-0.2, -0.15) is 25.2 Å². The Balaban J connectivity index is 0.000000151. The van der Waals surface area contributed by atoms with Gasteiger partial charge in [0.05, 0.1) is 107 Å². The smallest absolute Gasteiger partial charge is 0.337 e. The van der Waals surface area contributed by atoms with Crippen LogP contribution in [0.25, 0.3) is 71.9 Å². The lowest BCUT2D eigenvalue weighted by molar-refractivity contribution is -0.169. The summed E-state index contributed by atoms with van der Waals surface area (Å²) >= 11 is 28.1. The molecule has 4 saturated heterocycles. The van der Waals surface area contributed by atoms with Crippen LogP contribution in [0.5, 0.6) is 0 Å². The number of aliphatic hydroxyl groups is 1. The number of rotatable bonds is 11. The number of aldehydes is 1. The van der Waals surface area contributed by atoms with Crippen LogP contribution in [0.2, 0.25) is 5.15 Å². The molecule has 35 nitrogen and oxygen atoms in total. The van der Waals surface area contributed by atoms with E-state index >= 15 is 0 Å². The number of ether oxygens (including phenoxy) is 4. The van der Waals surface area contributed by atoms with E-state index in [4.69, 9.17) is 104 Å². The Morgan fingerprint density at radius 1 is 0.504 bits per heavy atom. The Kier molecular flexibility index (Phi) is 38.0. The molecule has 18 rings (SSSR count). The van der Waals surface area contributed by atoms with E-state index in [0.717, 1.165) is 116 Å². The molecule has 4 fully saturated rings. The molecule has 12 N–H and O–H groups in total. The molecule has 11 heterocycles. The van der Waals surface area contributed by atoms with Crippen LogP contribution in [0, 0.1) is 81.3 Å². The monoisotopic (exact) mass is 2920 g/mol. The number of aliphatic hydroxyl groups excluding tert-OH is 1. The number of hydrogen-bond donors (Lipinski definition) is 8. The summed E-state index contributed by atoms with van der Waals surface area (Å²) in [7, 11) is 0. The lowest BCUT2D eigenvalue weighted by Crippen LogP contribution is -2.45. The summed E-state index contributed by atoms with van der Waals surface area (Å²) in [6.45, 7) is 19.9. The zero-order chi connectivity index (χ0) is 94.9. The minimum Gasteiger partial charge on any atom is -0.481 e. The highest BCUT2D eigenvalue weighted by Crippen LogP contribution is 2.42. The van der Waals surface area contributed by atoms with Gasteiger partial charge < -0.3 is 90.2 Å². The maximum atomic E-state index is 10.6. The number of anilines is 6. The molecule has 4 aliphatic rings. The number of benzene rings is 7. The highest BCUT2D eigenvalue weighted by Gasteiger charge is 2.42. The molecule has 46 heteroatoms. The fraction of sp³-hybridized carbons (Fsp3) is 0.235. The van der Waals surface area contributed by atoms with Crippen molar-refractivity contribution in [1.82, 2.24) is 55.5 Å². The third-order valence-electron chi connectivity index (χ3n) is 19.3. The molecule has 0 bridgehead atoms. The van der Waals surface area contributed by atoms with Gasteiger partial charge in [0.2, 0.25) is 5.89 Å². The van der Waals surface area contributed by atoms with E-state index in [2.05, 4.69) is 298 Å². The summed E-state index contributed by atoms with van der Waals surface area (Å²) in [6.07, 6.45) is 3.64. The van der Waals surface area contributed by atoms with Crippen LogP contribution in [0.1, 0.15) is 97.1 Å². The molecule has 0 unspecified atom stereocenters.